The van der Waals surface area contributed by atoms with Crippen molar-refractivity contribution in [3.05, 3.63) is 52.6 Å². The van der Waals surface area contributed by atoms with Crippen molar-refractivity contribution in [2.75, 3.05) is 0 Å². The van der Waals surface area contributed by atoms with Gasteiger partial charge in [-0.25, -0.2) is 4.98 Å². The van der Waals surface area contributed by atoms with E-state index < -0.39 is 0 Å². The number of rotatable bonds is 2. The van der Waals surface area contributed by atoms with Crippen LogP contribution in [0.4, 0.5) is 0 Å². The van der Waals surface area contributed by atoms with Gasteiger partial charge < -0.3 is 4.98 Å². The number of aromatic amines is 1. The highest BCUT2D eigenvalue weighted by Crippen LogP contribution is 2.15. The van der Waals surface area contributed by atoms with E-state index in [1.54, 1.807) is 18.5 Å². The van der Waals surface area contributed by atoms with Crippen molar-refractivity contribution in [1.82, 2.24) is 9.97 Å². The zero-order valence-corrected chi connectivity index (χ0v) is 8.62. The van der Waals surface area contributed by atoms with Crippen LogP contribution in [-0.4, -0.2) is 9.97 Å². The molecule has 0 atom stereocenters. The molecule has 1 heterocycles. The van der Waals surface area contributed by atoms with Gasteiger partial charge in [-0.2, -0.15) is 5.26 Å². The Morgan fingerprint density at radius 3 is 2.60 bits per heavy atom. The molecule has 0 saturated heterocycles. The van der Waals surface area contributed by atoms with E-state index in [-0.39, 0.29) is 0 Å². The summed E-state index contributed by atoms with van der Waals surface area (Å²) in [5, 5.41) is 9.14. The Morgan fingerprint density at radius 2 is 2.07 bits per heavy atom. The Morgan fingerprint density at radius 1 is 1.33 bits per heavy atom. The quantitative estimate of drug-likeness (QED) is 0.841. The lowest BCUT2D eigenvalue weighted by molar-refractivity contribution is 1.11. The standard InChI is InChI=1S/C11H8ClN3/c12-11-10(14-7-15-11)5-8-1-3-9(6-13)4-2-8/h1-4,7H,5H2,(H,14,15). The summed E-state index contributed by atoms with van der Waals surface area (Å²) in [5.74, 6) is 0. The van der Waals surface area contributed by atoms with Gasteiger partial charge in [0.1, 0.15) is 5.15 Å². The van der Waals surface area contributed by atoms with Crippen LogP contribution in [0.15, 0.2) is 30.6 Å². The molecule has 0 aliphatic rings. The molecule has 0 aliphatic heterocycles. The van der Waals surface area contributed by atoms with Gasteiger partial charge in [0.25, 0.3) is 0 Å². The summed E-state index contributed by atoms with van der Waals surface area (Å²) in [7, 11) is 0. The minimum Gasteiger partial charge on any atom is -0.347 e. The van der Waals surface area contributed by atoms with Gasteiger partial charge in [-0.05, 0) is 17.7 Å². The lowest BCUT2D eigenvalue weighted by atomic mass is 10.1. The number of benzene rings is 1. The van der Waals surface area contributed by atoms with Crippen LogP contribution in [0.1, 0.15) is 16.8 Å². The van der Waals surface area contributed by atoms with Gasteiger partial charge in [0, 0.05) is 6.42 Å². The molecule has 0 spiro atoms. The molecule has 74 valence electrons. The van der Waals surface area contributed by atoms with Crippen molar-refractivity contribution >= 4 is 11.6 Å². The number of aromatic nitrogens is 2. The molecule has 0 unspecified atom stereocenters. The molecule has 2 rings (SSSR count). The molecule has 1 aromatic carbocycles. The summed E-state index contributed by atoms with van der Waals surface area (Å²) in [5.41, 5.74) is 2.65. The lowest BCUT2D eigenvalue weighted by Gasteiger charge is -1.99. The third kappa shape index (κ3) is 2.17. The smallest absolute Gasteiger partial charge is 0.150 e. The van der Waals surface area contributed by atoms with Crippen molar-refractivity contribution < 1.29 is 0 Å². The fraction of sp³-hybridized carbons (Fsp3) is 0.0909. The Hall–Kier alpha value is -1.79. The molecule has 15 heavy (non-hydrogen) atoms. The fourth-order valence-corrected chi connectivity index (χ4v) is 1.50. The molecule has 0 saturated carbocycles. The van der Waals surface area contributed by atoms with E-state index >= 15 is 0 Å². The van der Waals surface area contributed by atoms with Crippen molar-refractivity contribution in [2.45, 2.75) is 6.42 Å². The van der Waals surface area contributed by atoms with E-state index in [2.05, 4.69) is 16.0 Å². The molecule has 2 aromatic rings. The van der Waals surface area contributed by atoms with Crippen LogP contribution in [0, 0.1) is 11.3 Å². The minimum atomic E-state index is 0.499. The number of halogens is 1. The molecule has 0 fully saturated rings. The fourth-order valence-electron chi connectivity index (χ4n) is 1.33. The Balaban J connectivity index is 2.19. The first-order valence-corrected chi connectivity index (χ1v) is 4.84. The second-order valence-electron chi connectivity index (χ2n) is 3.16. The molecule has 1 N–H and O–H groups in total. The topological polar surface area (TPSA) is 52.5 Å². The van der Waals surface area contributed by atoms with Gasteiger partial charge in [-0.3, -0.25) is 0 Å². The number of hydrogen-bond acceptors (Lipinski definition) is 2. The number of nitrogens with zero attached hydrogens (tertiary/aromatic N) is 2. The summed E-state index contributed by atoms with van der Waals surface area (Å²) < 4.78 is 0. The zero-order chi connectivity index (χ0) is 10.7. The monoisotopic (exact) mass is 217 g/mol. The number of nitriles is 1. The SMILES string of the molecule is N#Cc1ccc(Cc2[nH]cnc2Cl)cc1. The van der Waals surface area contributed by atoms with Crippen LogP contribution in [0.2, 0.25) is 5.15 Å². The second-order valence-corrected chi connectivity index (χ2v) is 3.52. The molecule has 0 bridgehead atoms. The number of imidazole rings is 1. The molecular weight excluding hydrogens is 210 g/mol. The van der Waals surface area contributed by atoms with E-state index in [1.807, 2.05) is 12.1 Å². The van der Waals surface area contributed by atoms with Crippen LogP contribution >= 0.6 is 11.6 Å². The van der Waals surface area contributed by atoms with Gasteiger partial charge in [0.15, 0.2) is 0 Å². The van der Waals surface area contributed by atoms with Gasteiger partial charge >= 0.3 is 0 Å². The normalized spacial score (nSPS) is 9.87. The molecular formula is C11H8ClN3. The van der Waals surface area contributed by atoms with Crippen LogP contribution in [-0.2, 0) is 6.42 Å². The first kappa shape index (κ1) is 9.75. The third-order valence-electron chi connectivity index (χ3n) is 2.13. The van der Waals surface area contributed by atoms with E-state index in [9.17, 15) is 0 Å². The summed E-state index contributed by atoms with van der Waals surface area (Å²) in [4.78, 5) is 6.88. The average Bonchev–Trinajstić information content (AvgIpc) is 2.66. The minimum absolute atomic E-state index is 0.499. The predicted octanol–water partition coefficient (Wildman–Crippen LogP) is 2.53. The largest absolute Gasteiger partial charge is 0.347 e. The first-order valence-electron chi connectivity index (χ1n) is 4.46. The van der Waals surface area contributed by atoms with Crippen molar-refractivity contribution in [3.63, 3.8) is 0 Å². The molecule has 3 nitrogen and oxygen atoms in total. The third-order valence-corrected chi connectivity index (χ3v) is 2.46. The maximum Gasteiger partial charge on any atom is 0.150 e. The highest BCUT2D eigenvalue weighted by molar-refractivity contribution is 6.30. The molecule has 0 radical (unpaired) electrons. The second kappa shape index (κ2) is 4.16. The Kier molecular flexibility index (Phi) is 2.70. The molecule has 1 aromatic heterocycles. The van der Waals surface area contributed by atoms with Gasteiger partial charge in [-0.15, -0.1) is 0 Å². The highest BCUT2D eigenvalue weighted by atomic mass is 35.5. The summed E-state index contributed by atoms with van der Waals surface area (Å²) in [6.07, 6.45) is 2.27. The van der Waals surface area contributed by atoms with Gasteiger partial charge in [0.2, 0.25) is 0 Å². The molecule has 4 heteroatoms. The average molecular weight is 218 g/mol. The summed E-state index contributed by atoms with van der Waals surface area (Å²) >= 11 is 5.85. The maximum absolute atomic E-state index is 8.64. The summed E-state index contributed by atoms with van der Waals surface area (Å²) in [6, 6.07) is 9.49. The summed E-state index contributed by atoms with van der Waals surface area (Å²) in [6.45, 7) is 0. The van der Waals surface area contributed by atoms with Crippen LogP contribution in [0.5, 0.6) is 0 Å². The van der Waals surface area contributed by atoms with Crippen molar-refractivity contribution in [1.29, 1.82) is 5.26 Å². The Labute approximate surface area is 92.3 Å². The number of hydrogen-bond donors (Lipinski definition) is 1. The zero-order valence-electron chi connectivity index (χ0n) is 7.87. The predicted molar refractivity (Wildman–Crippen MR) is 57.6 cm³/mol. The van der Waals surface area contributed by atoms with Crippen LogP contribution < -0.4 is 0 Å². The van der Waals surface area contributed by atoms with E-state index in [4.69, 9.17) is 16.9 Å². The van der Waals surface area contributed by atoms with Gasteiger partial charge in [-0.1, -0.05) is 23.7 Å². The van der Waals surface area contributed by atoms with Crippen molar-refractivity contribution in [3.8, 4) is 6.07 Å². The highest BCUT2D eigenvalue weighted by Gasteiger charge is 2.03. The van der Waals surface area contributed by atoms with E-state index in [0.717, 1.165) is 11.3 Å². The maximum atomic E-state index is 8.64. The van der Waals surface area contributed by atoms with Gasteiger partial charge in [0.05, 0.1) is 23.7 Å². The van der Waals surface area contributed by atoms with Crippen molar-refractivity contribution in [2.24, 2.45) is 0 Å². The first-order chi connectivity index (χ1) is 7.29. The lowest BCUT2D eigenvalue weighted by Crippen LogP contribution is -1.89. The number of H-pyrrole nitrogens is 1. The molecule has 0 amide bonds. The van der Waals surface area contributed by atoms with Crippen LogP contribution in [0.25, 0.3) is 0 Å². The van der Waals surface area contributed by atoms with E-state index in [1.165, 1.54) is 0 Å². The molecule has 0 aliphatic carbocycles. The Bertz CT molecular complexity index is 493. The van der Waals surface area contributed by atoms with E-state index in [0.29, 0.717) is 17.1 Å². The van der Waals surface area contributed by atoms with Crippen LogP contribution in [0.3, 0.4) is 0 Å². The number of nitrogens with one attached hydrogen (secondary N) is 1.